The lowest BCUT2D eigenvalue weighted by molar-refractivity contribution is 0.0893. The fourth-order valence-electron chi connectivity index (χ4n) is 3.14. The summed E-state index contributed by atoms with van der Waals surface area (Å²) in [5.41, 5.74) is 4.44. The molecule has 98 valence electrons. The fraction of sp³-hybridized carbons (Fsp3) is 0.600. The van der Waals surface area contributed by atoms with Crippen LogP contribution in [0.4, 0.5) is 5.69 Å². The van der Waals surface area contributed by atoms with Crippen LogP contribution in [0.3, 0.4) is 0 Å². The van der Waals surface area contributed by atoms with Crippen LogP contribution in [0.1, 0.15) is 24.0 Å². The third-order valence-electron chi connectivity index (χ3n) is 4.17. The van der Waals surface area contributed by atoms with Crippen molar-refractivity contribution in [2.45, 2.75) is 31.9 Å². The number of fused-ring (bicyclic) bond motifs is 1. The monoisotopic (exact) mass is 246 g/mol. The first kappa shape index (κ1) is 12.0. The number of piperidine rings is 1. The quantitative estimate of drug-likeness (QED) is 0.863. The summed E-state index contributed by atoms with van der Waals surface area (Å²) in [4.78, 5) is 2.50. The van der Waals surface area contributed by atoms with Gasteiger partial charge in [0, 0.05) is 32.4 Å². The van der Waals surface area contributed by atoms with Crippen molar-refractivity contribution in [3.63, 3.8) is 0 Å². The van der Waals surface area contributed by atoms with Gasteiger partial charge in [0.2, 0.25) is 0 Å². The Balaban J connectivity index is 1.87. The van der Waals surface area contributed by atoms with E-state index in [1.807, 2.05) is 7.11 Å². The Morgan fingerprint density at radius 1 is 1.39 bits per heavy atom. The summed E-state index contributed by atoms with van der Waals surface area (Å²) in [5, 5.41) is 3.49. The van der Waals surface area contributed by atoms with E-state index in [-0.39, 0.29) is 0 Å². The van der Waals surface area contributed by atoms with Gasteiger partial charge in [-0.25, -0.2) is 0 Å². The molecule has 1 fully saturated rings. The highest BCUT2D eigenvalue weighted by atomic mass is 16.5. The van der Waals surface area contributed by atoms with Crippen molar-refractivity contribution < 1.29 is 4.74 Å². The van der Waals surface area contributed by atoms with Crippen LogP contribution in [0, 0.1) is 0 Å². The van der Waals surface area contributed by atoms with Crippen molar-refractivity contribution >= 4 is 5.69 Å². The third-order valence-corrected chi connectivity index (χ3v) is 4.17. The van der Waals surface area contributed by atoms with E-state index in [0.29, 0.717) is 6.10 Å². The van der Waals surface area contributed by atoms with Crippen molar-refractivity contribution in [2.24, 2.45) is 0 Å². The van der Waals surface area contributed by atoms with E-state index in [4.69, 9.17) is 4.74 Å². The Morgan fingerprint density at radius 2 is 2.33 bits per heavy atom. The lowest BCUT2D eigenvalue weighted by atomic mass is 9.97. The third kappa shape index (κ3) is 2.25. The van der Waals surface area contributed by atoms with E-state index in [9.17, 15) is 0 Å². The highest BCUT2D eigenvalue weighted by molar-refractivity contribution is 5.58. The minimum Gasteiger partial charge on any atom is -0.380 e. The number of hydrogen-bond acceptors (Lipinski definition) is 3. The summed E-state index contributed by atoms with van der Waals surface area (Å²) in [6.45, 7) is 4.32. The second kappa shape index (κ2) is 5.29. The number of nitrogens with one attached hydrogen (secondary N) is 1. The molecule has 1 atom stereocenters. The smallest absolute Gasteiger partial charge is 0.0746 e. The zero-order valence-corrected chi connectivity index (χ0v) is 11.1. The van der Waals surface area contributed by atoms with Gasteiger partial charge in [-0.2, -0.15) is 0 Å². The predicted octanol–water partition coefficient (Wildman–Crippen LogP) is 1.95. The molecule has 3 nitrogen and oxygen atoms in total. The Morgan fingerprint density at radius 3 is 3.22 bits per heavy atom. The van der Waals surface area contributed by atoms with Crippen LogP contribution in [-0.2, 0) is 17.7 Å². The lowest BCUT2D eigenvalue weighted by Gasteiger charge is -2.36. The van der Waals surface area contributed by atoms with Gasteiger partial charge in [-0.3, -0.25) is 0 Å². The standard InChI is InChI=1S/C15H22N2O/c1-18-13-5-3-9-17(11-13)15-6-2-4-12-7-8-16-10-14(12)15/h2,4,6,13,16H,3,5,7-11H2,1H3. The van der Waals surface area contributed by atoms with Crippen molar-refractivity contribution in [3.05, 3.63) is 29.3 Å². The molecule has 0 saturated carbocycles. The van der Waals surface area contributed by atoms with Gasteiger partial charge in [0.1, 0.15) is 0 Å². The van der Waals surface area contributed by atoms with Crippen molar-refractivity contribution in [1.82, 2.24) is 5.32 Å². The maximum absolute atomic E-state index is 5.53. The molecule has 1 saturated heterocycles. The molecule has 0 radical (unpaired) electrons. The number of anilines is 1. The van der Waals surface area contributed by atoms with E-state index >= 15 is 0 Å². The van der Waals surface area contributed by atoms with Crippen LogP contribution >= 0.6 is 0 Å². The fourth-order valence-corrected chi connectivity index (χ4v) is 3.14. The highest BCUT2D eigenvalue weighted by Gasteiger charge is 2.23. The molecule has 1 aromatic rings. The molecule has 0 aromatic heterocycles. The van der Waals surface area contributed by atoms with Gasteiger partial charge >= 0.3 is 0 Å². The minimum atomic E-state index is 0.395. The molecule has 18 heavy (non-hydrogen) atoms. The number of ether oxygens (including phenoxy) is 1. The summed E-state index contributed by atoms with van der Waals surface area (Å²) < 4.78 is 5.53. The Hall–Kier alpha value is -1.06. The van der Waals surface area contributed by atoms with Gasteiger partial charge in [-0.1, -0.05) is 12.1 Å². The molecule has 2 aliphatic heterocycles. The largest absolute Gasteiger partial charge is 0.380 e. The number of nitrogens with zero attached hydrogens (tertiary/aromatic N) is 1. The molecule has 2 aliphatic rings. The average Bonchev–Trinajstić information content (AvgIpc) is 2.47. The molecule has 0 bridgehead atoms. The van der Waals surface area contributed by atoms with Crippen molar-refractivity contribution in [2.75, 3.05) is 31.6 Å². The van der Waals surface area contributed by atoms with Crippen LogP contribution in [0.25, 0.3) is 0 Å². The SMILES string of the molecule is COC1CCCN(c2cccc3c2CNCC3)C1. The predicted molar refractivity (Wildman–Crippen MR) is 74.1 cm³/mol. The maximum Gasteiger partial charge on any atom is 0.0746 e. The molecular weight excluding hydrogens is 224 g/mol. The Kier molecular flexibility index (Phi) is 3.52. The Bertz CT molecular complexity index is 419. The van der Waals surface area contributed by atoms with Crippen LogP contribution in [0.15, 0.2) is 18.2 Å². The van der Waals surface area contributed by atoms with Gasteiger partial charge < -0.3 is 15.0 Å². The summed E-state index contributed by atoms with van der Waals surface area (Å²) >= 11 is 0. The Labute approximate surface area is 109 Å². The van der Waals surface area contributed by atoms with Crippen LogP contribution in [-0.4, -0.2) is 32.8 Å². The van der Waals surface area contributed by atoms with Gasteiger partial charge in [0.15, 0.2) is 0 Å². The van der Waals surface area contributed by atoms with Crippen LogP contribution in [0.5, 0.6) is 0 Å². The summed E-state index contributed by atoms with van der Waals surface area (Å²) in [6.07, 6.45) is 3.98. The van der Waals surface area contributed by atoms with Crippen LogP contribution < -0.4 is 10.2 Å². The molecule has 1 aromatic carbocycles. The molecule has 1 unspecified atom stereocenters. The molecule has 0 amide bonds. The number of benzene rings is 1. The van der Waals surface area contributed by atoms with E-state index in [2.05, 4.69) is 28.4 Å². The molecule has 3 rings (SSSR count). The zero-order valence-electron chi connectivity index (χ0n) is 11.1. The molecule has 0 spiro atoms. The molecule has 2 heterocycles. The topological polar surface area (TPSA) is 24.5 Å². The van der Waals surface area contributed by atoms with Gasteiger partial charge in [-0.15, -0.1) is 0 Å². The van der Waals surface area contributed by atoms with E-state index in [0.717, 1.165) is 32.6 Å². The van der Waals surface area contributed by atoms with E-state index in [1.165, 1.54) is 29.7 Å². The van der Waals surface area contributed by atoms with Gasteiger partial charge in [0.05, 0.1) is 6.10 Å². The van der Waals surface area contributed by atoms with E-state index < -0.39 is 0 Å². The summed E-state index contributed by atoms with van der Waals surface area (Å²) in [6, 6.07) is 6.75. The average molecular weight is 246 g/mol. The van der Waals surface area contributed by atoms with Crippen LogP contribution in [0.2, 0.25) is 0 Å². The molecule has 3 heteroatoms. The normalized spacial score (nSPS) is 23.8. The highest BCUT2D eigenvalue weighted by Crippen LogP contribution is 2.29. The van der Waals surface area contributed by atoms with E-state index in [1.54, 1.807) is 0 Å². The second-order valence-corrected chi connectivity index (χ2v) is 5.29. The number of rotatable bonds is 2. The number of methoxy groups -OCH3 is 1. The maximum atomic E-state index is 5.53. The lowest BCUT2D eigenvalue weighted by Crippen LogP contribution is -2.40. The summed E-state index contributed by atoms with van der Waals surface area (Å²) in [7, 11) is 1.83. The van der Waals surface area contributed by atoms with Crippen molar-refractivity contribution in [3.8, 4) is 0 Å². The van der Waals surface area contributed by atoms with Gasteiger partial charge in [-0.05, 0) is 43.0 Å². The first-order valence-electron chi connectivity index (χ1n) is 6.97. The minimum absolute atomic E-state index is 0.395. The first-order valence-corrected chi connectivity index (χ1v) is 6.97. The molecule has 1 N–H and O–H groups in total. The molecule has 0 aliphatic carbocycles. The number of hydrogen-bond donors (Lipinski definition) is 1. The molecular formula is C15H22N2O. The summed E-state index contributed by atoms with van der Waals surface area (Å²) in [5.74, 6) is 0. The van der Waals surface area contributed by atoms with Gasteiger partial charge in [0.25, 0.3) is 0 Å². The zero-order chi connectivity index (χ0) is 12.4. The van der Waals surface area contributed by atoms with Crippen molar-refractivity contribution in [1.29, 1.82) is 0 Å². The first-order chi connectivity index (χ1) is 8.88. The second-order valence-electron chi connectivity index (χ2n) is 5.29.